The van der Waals surface area contributed by atoms with Crippen LogP contribution in [0, 0.1) is 18.6 Å². The van der Waals surface area contributed by atoms with Crippen molar-refractivity contribution in [2.75, 3.05) is 0 Å². The highest BCUT2D eigenvalue weighted by molar-refractivity contribution is 6.30. The van der Waals surface area contributed by atoms with Gasteiger partial charge in [0.05, 0.1) is 5.69 Å². The first kappa shape index (κ1) is 14.9. The van der Waals surface area contributed by atoms with Gasteiger partial charge in [-0.25, -0.2) is 18.7 Å². The highest BCUT2D eigenvalue weighted by Crippen LogP contribution is 2.31. The average molecular weight is 297 g/mol. The summed E-state index contributed by atoms with van der Waals surface area (Å²) in [5, 5.41) is 0.253. The minimum Gasteiger partial charge on any atom is -0.232 e. The van der Waals surface area contributed by atoms with E-state index in [2.05, 4.69) is 9.97 Å². The molecule has 2 rings (SSSR count). The minimum atomic E-state index is -0.538. The summed E-state index contributed by atoms with van der Waals surface area (Å²) in [6, 6.07) is 3.27. The smallest absolute Gasteiger partial charge is 0.136 e. The number of benzene rings is 1. The molecule has 2 nitrogen and oxygen atoms in total. The second kappa shape index (κ2) is 5.09. The maximum Gasteiger partial charge on any atom is 0.136 e. The second-order valence-electron chi connectivity index (χ2n) is 5.69. The molecule has 5 heteroatoms. The Hall–Kier alpha value is -1.55. The van der Waals surface area contributed by atoms with Crippen LogP contribution in [0.15, 0.2) is 18.2 Å². The Balaban J connectivity index is 2.73. The molecule has 0 N–H and O–H groups in total. The molecule has 0 radical (unpaired) electrons. The van der Waals surface area contributed by atoms with Gasteiger partial charge in [0, 0.05) is 16.5 Å². The van der Waals surface area contributed by atoms with Crippen molar-refractivity contribution in [2.24, 2.45) is 0 Å². The molecule has 106 valence electrons. The largest absolute Gasteiger partial charge is 0.232 e. The third kappa shape index (κ3) is 2.80. The molecular formula is C15H15ClF2N2. The van der Waals surface area contributed by atoms with Crippen LogP contribution in [0.3, 0.4) is 0 Å². The standard InChI is InChI=1S/C15H15ClF2N2/c1-8-12(10-7-9(17)5-6-11(10)18)19-14(15(2,3)4)20-13(8)16/h5-7H,1-4H3. The first-order chi connectivity index (χ1) is 9.20. The lowest BCUT2D eigenvalue weighted by Crippen LogP contribution is -2.17. The van der Waals surface area contributed by atoms with E-state index in [1.165, 1.54) is 0 Å². The zero-order chi connectivity index (χ0) is 15.1. The van der Waals surface area contributed by atoms with Gasteiger partial charge in [-0.15, -0.1) is 0 Å². The van der Waals surface area contributed by atoms with E-state index < -0.39 is 11.6 Å². The number of nitrogens with zero attached hydrogens (tertiary/aromatic N) is 2. The van der Waals surface area contributed by atoms with Crippen LogP contribution >= 0.6 is 11.6 Å². The van der Waals surface area contributed by atoms with Gasteiger partial charge in [-0.05, 0) is 25.1 Å². The van der Waals surface area contributed by atoms with E-state index >= 15 is 0 Å². The molecule has 0 saturated carbocycles. The van der Waals surface area contributed by atoms with E-state index in [0.29, 0.717) is 17.1 Å². The van der Waals surface area contributed by atoms with Gasteiger partial charge in [0.1, 0.15) is 22.6 Å². The highest BCUT2D eigenvalue weighted by Gasteiger charge is 2.22. The summed E-state index contributed by atoms with van der Waals surface area (Å²) in [6.07, 6.45) is 0. The van der Waals surface area contributed by atoms with Gasteiger partial charge >= 0.3 is 0 Å². The number of hydrogen-bond donors (Lipinski definition) is 0. The lowest BCUT2D eigenvalue weighted by molar-refractivity contribution is 0.544. The Kier molecular flexibility index (Phi) is 3.78. The molecule has 1 aromatic heterocycles. The summed E-state index contributed by atoms with van der Waals surface area (Å²) in [5.74, 6) is -0.566. The van der Waals surface area contributed by atoms with Crippen molar-refractivity contribution < 1.29 is 8.78 Å². The summed E-state index contributed by atoms with van der Waals surface area (Å²) in [6.45, 7) is 7.48. The van der Waals surface area contributed by atoms with Crippen molar-refractivity contribution in [3.63, 3.8) is 0 Å². The quantitative estimate of drug-likeness (QED) is 0.714. The fourth-order valence-corrected chi connectivity index (χ4v) is 1.94. The third-order valence-electron chi connectivity index (χ3n) is 2.94. The molecule has 0 aliphatic heterocycles. The molecule has 2 aromatic rings. The number of hydrogen-bond acceptors (Lipinski definition) is 2. The first-order valence-electron chi connectivity index (χ1n) is 6.20. The molecule has 0 spiro atoms. The number of rotatable bonds is 1. The SMILES string of the molecule is Cc1c(Cl)nc(C(C)(C)C)nc1-c1cc(F)ccc1F. The molecule has 0 atom stereocenters. The predicted octanol–water partition coefficient (Wildman–Crippen LogP) is 4.68. The maximum absolute atomic E-state index is 13.9. The molecule has 0 amide bonds. The summed E-state index contributed by atoms with van der Waals surface area (Å²) in [5.41, 5.74) is 0.615. The second-order valence-corrected chi connectivity index (χ2v) is 6.04. The van der Waals surface area contributed by atoms with Gasteiger partial charge < -0.3 is 0 Å². The molecular weight excluding hydrogens is 282 g/mol. The molecule has 0 aliphatic rings. The van der Waals surface area contributed by atoms with Crippen molar-refractivity contribution in [2.45, 2.75) is 33.1 Å². The van der Waals surface area contributed by atoms with Gasteiger partial charge in [-0.3, -0.25) is 0 Å². The van der Waals surface area contributed by atoms with Crippen LogP contribution in [0.2, 0.25) is 5.15 Å². The zero-order valence-corrected chi connectivity index (χ0v) is 12.5. The fourth-order valence-electron chi connectivity index (χ4n) is 1.77. The van der Waals surface area contributed by atoms with Crippen molar-refractivity contribution in [1.82, 2.24) is 9.97 Å². The predicted molar refractivity (Wildman–Crippen MR) is 75.8 cm³/mol. The zero-order valence-electron chi connectivity index (χ0n) is 11.8. The lowest BCUT2D eigenvalue weighted by atomic mass is 9.95. The van der Waals surface area contributed by atoms with Crippen LogP contribution in [0.1, 0.15) is 32.2 Å². The van der Waals surface area contributed by atoms with Gasteiger partial charge in [0.25, 0.3) is 0 Å². The first-order valence-corrected chi connectivity index (χ1v) is 6.58. The van der Waals surface area contributed by atoms with Gasteiger partial charge in [-0.2, -0.15) is 0 Å². The topological polar surface area (TPSA) is 25.8 Å². The Labute approximate surface area is 121 Å². The lowest BCUT2D eigenvalue weighted by Gasteiger charge is -2.19. The average Bonchev–Trinajstić information content (AvgIpc) is 2.34. The monoisotopic (exact) mass is 296 g/mol. The summed E-state index contributed by atoms with van der Waals surface area (Å²) in [7, 11) is 0. The van der Waals surface area contributed by atoms with Gasteiger partial charge in [0.2, 0.25) is 0 Å². The molecule has 1 heterocycles. The van der Waals surface area contributed by atoms with Crippen molar-refractivity contribution in [1.29, 1.82) is 0 Å². The molecule has 0 unspecified atom stereocenters. The Morgan fingerprint density at radius 3 is 2.35 bits per heavy atom. The van der Waals surface area contributed by atoms with Crippen LogP contribution in [0.4, 0.5) is 8.78 Å². The molecule has 0 aliphatic carbocycles. The molecule has 0 saturated heterocycles. The van der Waals surface area contributed by atoms with E-state index in [-0.39, 0.29) is 16.1 Å². The van der Waals surface area contributed by atoms with Crippen molar-refractivity contribution in [3.8, 4) is 11.3 Å². The normalized spacial score (nSPS) is 11.8. The highest BCUT2D eigenvalue weighted by atomic mass is 35.5. The molecule has 0 fully saturated rings. The van der Waals surface area contributed by atoms with E-state index in [4.69, 9.17) is 11.6 Å². The molecule has 0 bridgehead atoms. The fraction of sp³-hybridized carbons (Fsp3) is 0.333. The molecule has 1 aromatic carbocycles. The number of halogens is 3. The van der Waals surface area contributed by atoms with E-state index in [1.54, 1.807) is 6.92 Å². The minimum absolute atomic E-state index is 0.0947. The van der Waals surface area contributed by atoms with Crippen molar-refractivity contribution >= 4 is 11.6 Å². The van der Waals surface area contributed by atoms with E-state index in [0.717, 1.165) is 18.2 Å². The van der Waals surface area contributed by atoms with Gasteiger partial charge in [-0.1, -0.05) is 32.4 Å². The maximum atomic E-state index is 13.9. The summed E-state index contributed by atoms with van der Waals surface area (Å²) < 4.78 is 27.3. The molecule has 20 heavy (non-hydrogen) atoms. The Morgan fingerprint density at radius 1 is 1.10 bits per heavy atom. The van der Waals surface area contributed by atoms with Crippen LogP contribution in [0.5, 0.6) is 0 Å². The van der Waals surface area contributed by atoms with Crippen LogP contribution in [-0.2, 0) is 5.41 Å². The summed E-state index contributed by atoms with van der Waals surface area (Å²) >= 11 is 6.10. The van der Waals surface area contributed by atoms with Crippen LogP contribution in [0.25, 0.3) is 11.3 Å². The summed E-state index contributed by atoms with van der Waals surface area (Å²) in [4.78, 5) is 8.59. The third-order valence-corrected chi connectivity index (χ3v) is 3.31. The van der Waals surface area contributed by atoms with Crippen LogP contribution in [-0.4, -0.2) is 9.97 Å². The van der Waals surface area contributed by atoms with Crippen molar-refractivity contribution in [3.05, 3.63) is 46.4 Å². The Morgan fingerprint density at radius 2 is 1.75 bits per heavy atom. The Bertz CT molecular complexity index is 664. The van der Waals surface area contributed by atoms with E-state index in [1.807, 2.05) is 20.8 Å². The van der Waals surface area contributed by atoms with Crippen LogP contribution < -0.4 is 0 Å². The van der Waals surface area contributed by atoms with E-state index in [9.17, 15) is 8.78 Å². The van der Waals surface area contributed by atoms with Gasteiger partial charge in [0.15, 0.2) is 0 Å². The number of aromatic nitrogens is 2.